The number of benzene rings is 1. The molecule has 1 aromatic carbocycles. The average Bonchev–Trinajstić information content (AvgIpc) is 2.54. The molecule has 1 saturated carbocycles. The van der Waals surface area contributed by atoms with E-state index in [1.54, 1.807) is 0 Å². The summed E-state index contributed by atoms with van der Waals surface area (Å²) in [5.41, 5.74) is 2.60. The molecule has 0 radical (unpaired) electrons. The first-order valence-corrected chi connectivity index (χ1v) is 8.04. The van der Waals surface area contributed by atoms with Gasteiger partial charge in [-0.1, -0.05) is 43.5 Å². The molecule has 21 heavy (non-hydrogen) atoms. The van der Waals surface area contributed by atoms with E-state index in [4.69, 9.17) is 4.74 Å². The molecule has 1 atom stereocenters. The number of urea groups is 1. The number of hydrogen-bond acceptors (Lipinski definition) is 2. The average molecular weight is 288 g/mol. The van der Waals surface area contributed by atoms with Crippen molar-refractivity contribution in [1.29, 1.82) is 0 Å². The maximum atomic E-state index is 11.9. The minimum Gasteiger partial charge on any atom is -0.371 e. The van der Waals surface area contributed by atoms with E-state index in [1.807, 2.05) is 6.07 Å². The zero-order valence-corrected chi connectivity index (χ0v) is 12.4. The molecule has 0 spiro atoms. The van der Waals surface area contributed by atoms with Crippen LogP contribution in [0.25, 0.3) is 0 Å². The van der Waals surface area contributed by atoms with E-state index in [-0.39, 0.29) is 12.1 Å². The van der Waals surface area contributed by atoms with Gasteiger partial charge in [-0.2, -0.15) is 0 Å². The smallest absolute Gasteiger partial charge is 0.315 e. The van der Waals surface area contributed by atoms with Gasteiger partial charge >= 0.3 is 6.03 Å². The van der Waals surface area contributed by atoms with Crippen LogP contribution in [0.5, 0.6) is 0 Å². The first kappa shape index (κ1) is 14.4. The Balaban J connectivity index is 1.42. The summed E-state index contributed by atoms with van der Waals surface area (Å²) in [6.45, 7) is 1.22. The highest BCUT2D eigenvalue weighted by atomic mass is 16.5. The number of nitrogens with one attached hydrogen (secondary N) is 2. The van der Waals surface area contributed by atoms with Gasteiger partial charge in [0.25, 0.3) is 0 Å². The maximum absolute atomic E-state index is 11.9. The number of rotatable bonds is 3. The predicted molar refractivity (Wildman–Crippen MR) is 82.1 cm³/mol. The summed E-state index contributed by atoms with van der Waals surface area (Å²) in [5.74, 6) is 0. The van der Waals surface area contributed by atoms with E-state index in [0.29, 0.717) is 19.2 Å². The van der Waals surface area contributed by atoms with Gasteiger partial charge in [0.15, 0.2) is 0 Å². The molecule has 1 unspecified atom stereocenters. The van der Waals surface area contributed by atoms with Crippen molar-refractivity contribution in [3.05, 3.63) is 35.4 Å². The Morgan fingerprint density at radius 1 is 1.14 bits per heavy atom. The van der Waals surface area contributed by atoms with Crippen molar-refractivity contribution < 1.29 is 9.53 Å². The molecule has 1 aliphatic carbocycles. The van der Waals surface area contributed by atoms with Gasteiger partial charge in [-0.15, -0.1) is 0 Å². The molecule has 3 rings (SSSR count). The summed E-state index contributed by atoms with van der Waals surface area (Å²) in [5, 5.41) is 6.03. The van der Waals surface area contributed by atoms with Crippen LogP contribution in [0.2, 0.25) is 0 Å². The van der Waals surface area contributed by atoms with Crippen molar-refractivity contribution in [3.8, 4) is 0 Å². The van der Waals surface area contributed by atoms with Crippen LogP contribution < -0.4 is 10.6 Å². The van der Waals surface area contributed by atoms with Crippen molar-refractivity contribution >= 4 is 6.03 Å². The third-order valence-corrected chi connectivity index (χ3v) is 4.47. The van der Waals surface area contributed by atoms with E-state index in [9.17, 15) is 4.79 Å². The van der Waals surface area contributed by atoms with Crippen molar-refractivity contribution in [3.63, 3.8) is 0 Å². The largest absolute Gasteiger partial charge is 0.371 e. The highest BCUT2D eigenvalue weighted by Gasteiger charge is 2.20. The SMILES string of the molecule is O=C(NCC1Cc2ccccc2CO1)NC1CCCCC1. The quantitative estimate of drug-likeness (QED) is 0.898. The summed E-state index contributed by atoms with van der Waals surface area (Å²) in [6, 6.07) is 8.65. The highest BCUT2D eigenvalue weighted by molar-refractivity contribution is 5.74. The van der Waals surface area contributed by atoms with E-state index in [0.717, 1.165) is 19.3 Å². The second-order valence-electron chi connectivity index (χ2n) is 6.10. The molecule has 0 saturated heterocycles. The molecule has 1 heterocycles. The number of fused-ring (bicyclic) bond motifs is 1. The van der Waals surface area contributed by atoms with Gasteiger partial charge in [-0.3, -0.25) is 0 Å². The Morgan fingerprint density at radius 2 is 1.90 bits per heavy atom. The molecular formula is C17H24N2O2. The van der Waals surface area contributed by atoms with Crippen LogP contribution >= 0.6 is 0 Å². The molecule has 114 valence electrons. The fraction of sp³-hybridized carbons (Fsp3) is 0.588. The van der Waals surface area contributed by atoms with Gasteiger partial charge in [-0.25, -0.2) is 4.79 Å². The lowest BCUT2D eigenvalue weighted by Crippen LogP contribution is -2.46. The molecule has 0 bridgehead atoms. The summed E-state index contributed by atoms with van der Waals surface area (Å²) in [6.07, 6.45) is 6.94. The van der Waals surface area contributed by atoms with E-state index in [1.165, 1.54) is 30.4 Å². The molecule has 1 aliphatic heterocycles. The van der Waals surface area contributed by atoms with E-state index in [2.05, 4.69) is 28.8 Å². The molecule has 1 fully saturated rings. The molecule has 0 aromatic heterocycles. The second-order valence-corrected chi connectivity index (χ2v) is 6.10. The summed E-state index contributed by atoms with van der Waals surface area (Å²) in [7, 11) is 0. The molecule has 2 N–H and O–H groups in total. The summed E-state index contributed by atoms with van der Waals surface area (Å²) in [4.78, 5) is 11.9. The number of ether oxygens (including phenoxy) is 1. The Kier molecular flexibility index (Phi) is 4.76. The molecule has 1 aromatic rings. The fourth-order valence-corrected chi connectivity index (χ4v) is 3.23. The van der Waals surface area contributed by atoms with Gasteiger partial charge < -0.3 is 15.4 Å². The topological polar surface area (TPSA) is 50.4 Å². The molecule has 2 aliphatic rings. The van der Waals surface area contributed by atoms with Crippen molar-refractivity contribution in [2.24, 2.45) is 0 Å². The summed E-state index contributed by atoms with van der Waals surface area (Å²) < 4.78 is 5.80. The van der Waals surface area contributed by atoms with Crippen molar-refractivity contribution in [1.82, 2.24) is 10.6 Å². The Morgan fingerprint density at radius 3 is 2.71 bits per heavy atom. The number of amides is 2. The van der Waals surface area contributed by atoms with E-state index >= 15 is 0 Å². The zero-order valence-electron chi connectivity index (χ0n) is 12.4. The first-order valence-electron chi connectivity index (χ1n) is 8.04. The monoisotopic (exact) mass is 288 g/mol. The van der Waals surface area contributed by atoms with Crippen LogP contribution in [0, 0.1) is 0 Å². The standard InChI is InChI=1S/C17H24N2O2/c20-17(19-15-8-2-1-3-9-15)18-11-16-10-13-6-4-5-7-14(13)12-21-16/h4-7,15-16H,1-3,8-12H2,(H2,18,19,20). The van der Waals surface area contributed by atoms with Crippen LogP contribution in [0.3, 0.4) is 0 Å². The third kappa shape index (κ3) is 3.97. The van der Waals surface area contributed by atoms with E-state index < -0.39 is 0 Å². The summed E-state index contributed by atoms with van der Waals surface area (Å²) >= 11 is 0. The van der Waals surface area contributed by atoms with Gasteiger partial charge in [0.2, 0.25) is 0 Å². The van der Waals surface area contributed by atoms with Gasteiger partial charge in [-0.05, 0) is 24.0 Å². The van der Waals surface area contributed by atoms with Crippen LogP contribution in [0.4, 0.5) is 4.79 Å². The van der Waals surface area contributed by atoms with Gasteiger partial charge in [0.05, 0.1) is 12.7 Å². The second kappa shape index (κ2) is 6.94. The van der Waals surface area contributed by atoms with Gasteiger partial charge in [0.1, 0.15) is 0 Å². The maximum Gasteiger partial charge on any atom is 0.315 e. The Hall–Kier alpha value is -1.55. The third-order valence-electron chi connectivity index (χ3n) is 4.47. The lowest BCUT2D eigenvalue weighted by molar-refractivity contribution is 0.0305. The molecule has 2 amide bonds. The molecule has 4 nitrogen and oxygen atoms in total. The molecule has 4 heteroatoms. The first-order chi connectivity index (χ1) is 10.3. The van der Waals surface area contributed by atoms with Crippen LogP contribution in [-0.4, -0.2) is 24.7 Å². The normalized spacial score (nSPS) is 22.4. The fourth-order valence-electron chi connectivity index (χ4n) is 3.23. The Labute approximate surface area is 126 Å². The predicted octanol–water partition coefficient (Wildman–Crippen LogP) is 2.76. The van der Waals surface area contributed by atoms with Crippen molar-refractivity contribution in [2.75, 3.05) is 6.54 Å². The number of carbonyl (C=O) groups is 1. The van der Waals surface area contributed by atoms with Crippen LogP contribution in [-0.2, 0) is 17.8 Å². The lowest BCUT2D eigenvalue weighted by Gasteiger charge is -2.26. The minimum atomic E-state index is -0.0515. The van der Waals surface area contributed by atoms with Crippen molar-refractivity contribution in [2.45, 2.75) is 57.3 Å². The highest BCUT2D eigenvalue weighted by Crippen LogP contribution is 2.20. The Bertz CT molecular complexity index is 483. The van der Waals surface area contributed by atoms with Crippen LogP contribution in [0.1, 0.15) is 43.2 Å². The number of carbonyl (C=O) groups excluding carboxylic acids is 1. The van der Waals surface area contributed by atoms with Gasteiger partial charge in [0, 0.05) is 19.0 Å². The number of hydrogen-bond donors (Lipinski definition) is 2. The van der Waals surface area contributed by atoms with Crippen LogP contribution in [0.15, 0.2) is 24.3 Å². The molecular weight excluding hydrogens is 264 g/mol. The zero-order chi connectivity index (χ0) is 14.5. The lowest BCUT2D eigenvalue weighted by atomic mass is 9.96. The minimum absolute atomic E-state index is 0.0515.